The Bertz CT molecular complexity index is 184. The highest BCUT2D eigenvalue weighted by atomic mass is 19.4. The highest BCUT2D eigenvalue weighted by Crippen LogP contribution is 2.14. The van der Waals surface area contributed by atoms with Gasteiger partial charge in [0.25, 0.3) is 5.92 Å². The molecule has 0 spiro atoms. The molecule has 0 radical (unpaired) electrons. The van der Waals surface area contributed by atoms with Gasteiger partial charge in [-0.2, -0.15) is 13.2 Å². The highest BCUT2D eigenvalue weighted by molar-refractivity contribution is 5.73. The number of halogens is 5. The van der Waals surface area contributed by atoms with Crippen molar-refractivity contribution in [3.05, 3.63) is 0 Å². The third-order valence-corrected chi connectivity index (χ3v) is 1.04. The quantitative estimate of drug-likeness (QED) is 0.664. The third-order valence-electron chi connectivity index (χ3n) is 1.04. The van der Waals surface area contributed by atoms with Gasteiger partial charge >= 0.3 is 12.1 Å². The molecule has 0 bridgehead atoms. The summed E-state index contributed by atoms with van der Waals surface area (Å²) in [7, 11) is 0. The SMILES string of the molecule is C[C@@H](N)C(C)(F)F.O=C(O)C(F)(F)F. The monoisotopic (exact) mass is 223 g/mol. The van der Waals surface area contributed by atoms with Crippen LogP contribution >= 0.6 is 0 Å². The van der Waals surface area contributed by atoms with E-state index in [1.807, 2.05) is 0 Å². The van der Waals surface area contributed by atoms with E-state index < -0.39 is 24.1 Å². The molecule has 0 aromatic carbocycles. The Hall–Kier alpha value is -0.920. The fourth-order valence-electron chi connectivity index (χ4n) is 0. The van der Waals surface area contributed by atoms with Gasteiger partial charge in [-0.1, -0.05) is 0 Å². The van der Waals surface area contributed by atoms with E-state index in [2.05, 4.69) is 0 Å². The maximum absolute atomic E-state index is 11.7. The van der Waals surface area contributed by atoms with Gasteiger partial charge in [0.05, 0.1) is 6.04 Å². The number of hydrogen-bond donors (Lipinski definition) is 2. The molecule has 0 aliphatic carbocycles. The number of carboxylic acid groups (broad SMARTS) is 1. The number of carboxylic acids is 1. The van der Waals surface area contributed by atoms with Crippen LogP contribution in [0.3, 0.4) is 0 Å². The van der Waals surface area contributed by atoms with Crippen molar-refractivity contribution >= 4 is 5.97 Å². The fourth-order valence-corrected chi connectivity index (χ4v) is 0. The molecular formula is C6H10F5NO2. The Balaban J connectivity index is 0. The third kappa shape index (κ3) is 9.17. The second-order valence-electron chi connectivity index (χ2n) is 2.55. The molecule has 0 saturated heterocycles. The first-order valence-electron chi connectivity index (χ1n) is 3.32. The lowest BCUT2D eigenvalue weighted by molar-refractivity contribution is -0.192. The summed E-state index contributed by atoms with van der Waals surface area (Å²) in [6, 6.07) is -1.03. The number of aliphatic carboxylic acids is 1. The minimum atomic E-state index is -5.08. The van der Waals surface area contributed by atoms with Gasteiger partial charge in [-0.15, -0.1) is 0 Å². The summed E-state index contributed by atoms with van der Waals surface area (Å²) in [6.07, 6.45) is -5.08. The Labute approximate surface area is 76.7 Å². The number of nitrogens with two attached hydrogens (primary N) is 1. The molecule has 0 fully saturated rings. The molecule has 3 nitrogen and oxygen atoms in total. The molecule has 14 heavy (non-hydrogen) atoms. The Morgan fingerprint density at radius 1 is 1.29 bits per heavy atom. The predicted molar refractivity (Wildman–Crippen MR) is 38.0 cm³/mol. The summed E-state index contributed by atoms with van der Waals surface area (Å²) in [4.78, 5) is 8.90. The summed E-state index contributed by atoms with van der Waals surface area (Å²) in [5.74, 6) is -5.48. The van der Waals surface area contributed by atoms with Crippen molar-refractivity contribution in [3.8, 4) is 0 Å². The van der Waals surface area contributed by atoms with Gasteiger partial charge < -0.3 is 10.8 Å². The number of carbonyl (C=O) groups is 1. The van der Waals surface area contributed by atoms with Crippen LogP contribution in [0.15, 0.2) is 0 Å². The lowest BCUT2D eigenvalue weighted by Gasteiger charge is -2.12. The van der Waals surface area contributed by atoms with Crippen LogP contribution in [-0.2, 0) is 4.79 Å². The van der Waals surface area contributed by atoms with Crippen LogP contribution < -0.4 is 5.73 Å². The van der Waals surface area contributed by atoms with Crippen molar-refractivity contribution in [3.63, 3.8) is 0 Å². The van der Waals surface area contributed by atoms with Gasteiger partial charge in [-0.25, -0.2) is 13.6 Å². The fraction of sp³-hybridized carbons (Fsp3) is 0.833. The van der Waals surface area contributed by atoms with E-state index in [9.17, 15) is 22.0 Å². The van der Waals surface area contributed by atoms with E-state index in [4.69, 9.17) is 15.6 Å². The Morgan fingerprint density at radius 2 is 1.43 bits per heavy atom. The van der Waals surface area contributed by atoms with Crippen LogP contribution in [0.5, 0.6) is 0 Å². The molecule has 3 N–H and O–H groups in total. The summed E-state index contributed by atoms with van der Waals surface area (Å²) in [5.41, 5.74) is 4.82. The molecule has 86 valence electrons. The zero-order chi connectivity index (χ0) is 12.2. The molecule has 0 aliphatic heterocycles. The van der Waals surface area contributed by atoms with Crippen LogP contribution in [0.1, 0.15) is 13.8 Å². The molecule has 1 atom stereocenters. The van der Waals surface area contributed by atoms with Gasteiger partial charge in [0, 0.05) is 6.92 Å². The van der Waals surface area contributed by atoms with Crippen LogP contribution in [0.4, 0.5) is 22.0 Å². The van der Waals surface area contributed by atoms with Gasteiger partial charge in [0.15, 0.2) is 0 Å². The van der Waals surface area contributed by atoms with Gasteiger partial charge in [0.1, 0.15) is 0 Å². The van der Waals surface area contributed by atoms with Crippen LogP contribution in [0.25, 0.3) is 0 Å². The second-order valence-corrected chi connectivity index (χ2v) is 2.55. The molecule has 0 heterocycles. The van der Waals surface area contributed by atoms with Crippen molar-refractivity contribution in [2.24, 2.45) is 5.73 Å². The maximum Gasteiger partial charge on any atom is 0.490 e. The second kappa shape index (κ2) is 5.08. The Kier molecular flexibility index (Phi) is 5.65. The minimum Gasteiger partial charge on any atom is -0.475 e. The smallest absolute Gasteiger partial charge is 0.475 e. The topological polar surface area (TPSA) is 63.3 Å². The summed E-state index contributed by atoms with van der Waals surface area (Å²) in [5, 5.41) is 7.12. The standard InChI is InChI=1S/C4H9F2N.C2HF3O2/c1-3(7)4(2,5)6;3-2(4,5)1(6)7/h3H,7H2,1-2H3;(H,6,7)/t3-;/m1./s1. The van der Waals surface area contributed by atoms with Crippen LogP contribution in [-0.4, -0.2) is 29.2 Å². The molecule has 0 saturated carbocycles. The minimum absolute atomic E-state index is 0.803. The van der Waals surface area contributed by atoms with Crippen LogP contribution in [0.2, 0.25) is 0 Å². The zero-order valence-corrected chi connectivity index (χ0v) is 7.40. The normalized spacial score (nSPS) is 14.0. The van der Waals surface area contributed by atoms with Crippen molar-refractivity contribution in [1.29, 1.82) is 0 Å². The molecule has 0 aromatic heterocycles. The lowest BCUT2D eigenvalue weighted by Crippen LogP contribution is -2.34. The summed E-state index contributed by atoms with van der Waals surface area (Å²) >= 11 is 0. The summed E-state index contributed by atoms with van der Waals surface area (Å²) in [6.45, 7) is 2.08. The van der Waals surface area contributed by atoms with E-state index in [0.29, 0.717) is 0 Å². The number of hydrogen-bond acceptors (Lipinski definition) is 2. The van der Waals surface area contributed by atoms with E-state index in [-0.39, 0.29) is 0 Å². The van der Waals surface area contributed by atoms with Crippen molar-refractivity contribution in [1.82, 2.24) is 0 Å². The molecule has 0 aliphatic rings. The van der Waals surface area contributed by atoms with Crippen LogP contribution in [0, 0.1) is 0 Å². The zero-order valence-electron chi connectivity index (χ0n) is 7.40. The molecule has 0 aromatic rings. The molecule has 0 amide bonds. The van der Waals surface area contributed by atoms with Gasteiger partial charge in [0.2, 0.25) is 0 Å². The lowest BCUT2D eigenvalue weighted by atomic mass is 10.2. The molecular weight excluding hydrogens is 213 g/mol. The van der Waals surface area contributed by atoms with E-state index in [1.54, 1.807) is 0 Å². The van der Waals surface area contributed by atoms with E-state index in [1.165, 1.54) is 6.92 Å². The largest absolute Gasteiger partial charge is 0.490 e. The Morgan fingerprint density at radius 3 is 1.43 bits per heavy atom. The van der Waals surface area contributed by atoms with Gasteiger partial charge in [-0.05, 0) is 6.92 Å². The first kappa shape index (κ1) is 15.5. The molecule has 8 heteroatoms. The maximum atomic E-state index is 11.7. The van der Waals surface area contributed by atoms with Crippen molar-refractivity contribution < 1.29 is 31.9 Å². The number of alkyl halides is 5. The van der Waals surface area contributed by atoms with E-state index in [0.717, 1.165) is 6.92 Å². The van der Waals surface area contributed by atoms with Gasteiger partial charge in [-0.3, -0.25) is 0 Å². The highest BCUT2D eigenvalue weighted by Gasteiger charge is 2.38. The summed E-state index contributed by atoms with van der Waals surface area (Å²) < 4.78 is 55.2. The molecule has 0 rings (SSSR count). The molecule has 0 unspecified atom stereocenters. The number of rotatable bonds is 1. The predicted octanol–water partition coefficient (Wildman–Crippen LogP) is 1.62. The van der Waals surface area contributed by atoms with E-state index >= 15 is 0 Å². The first-order chi connectivity index (χ1) is 5.89. The average Bonchev–Trinajstić information content (AvgIpc) is 1.83. The average molecular weight is 223 g/mol. The van der Waals surface area contributed by atoms with Crippen molar-refractivity contribution in [2.75, 3.05) is 0 Å². The van der Waals surface area contributed by atoms with Crippen molar-refractivity contribution in [2.45, 2.75) is 32.0 Å². The first-order valence-corrected chi connectivity index (χ1v) is 3.32.